The summed E-state index contributed by atoms with van der Waals surface area (Å²) in [5, 5.41) is 0. The van der Waals surface area contributed by atoms with Crippen molar-refractivity contribution in [3.8, 4) is 5.75 Å². The van der Waals surface area contributed by atoms with Gasteiger partial charge in [0.25, 0.3) is 0 Å². The summed E-state index contributed by atoms with van der Waals surface area (Å²) in [6.45, 7) is 4.32. The summed E-state index contributed by atoms with van der Waals surface area (Å²) in [5.74, 6) is -0.144. The van der Waals surface area contributed by atoms with Gasteiger partial charge in [-0.2, -0.15) is 13.2 Å². The molecule has 0 bridgehead atoms. The van der Waals surface area contributed by atoms with Crippen LogP contribution in [-0.2, 0) is 19.3 Å². The van der Waals surface area contributed by atoms with Crippen LogP contribution in [0.5, 0.6) is 5.75 Å². The Labute approximate surface area is 155 Å². The minimum Gasteiger partial charge on any atom is -0.494 e. The monoisotopic (exact) mass is 383 g/mol. The van der Waals surface area contributed by atoms with Gasteiger partial charge >= 0.3 is 6.18 Å². The molecule has 27 heavy (non-hydrogen) atoms. The molecule has 2 aromatic rings. The number of methoxy groups -OCH3 is 1. The number of halogens is 4. The minimum absolute atomic E-state index is 0.229. The Bertz CT molecular complexity index is 757. The number of nitrogens with zero attached hydrogens (tertiary/aromatic N) is 3. The second-order valence-electron chi connectivity index (χ2n) is 6.56. The van der Waals surface area contributed by atoms with Gasteiger partial charge in [0, 0.05) is 45.5 Å². The molecular weight excluding hydrogens is 362 g/mol. The molecule has 4 nitrogen and oxygen atoms in total. The first-order valence-corrected chi connectivity index (χ1v) is 8.64. The number of alkyl halides is 3. The molecule has 146 valence electrons. The zero-order chi connectivity index (χ0) is 19.4. The van der Waals surface area contributed by atoms with Crippen molar-refractivity contribution in [2.75, 3.05) is 33.3 Å². The summed E-state index contributed by atoms with van der Waals surface area (Å²) in [6, 6.07) is 7.45. The van der Waals surface area contributed by atoms with Gasteiger partial charge in [-0.05, 0) is 29.8 Å². The second-order valence-corrected chi connectivity index (χ2v) is 6.56. The molecule has 1 aliphatic heterocycles. The average molecular weight is 383 g/mol. The maximum atomic E-state index is 13.8. The van der Waals surface area contributed by atoms with Gasteiger partial charge in [0.15, 0.2) is 11.6 Å². The van der Waals surface area contributed by atoms with Gasteiger partial charge in [-0.1, -0.05) is 6.07 Å². The van der Waals surface area contributed by atoms with Crippen molar-refractivity contribution in [2.45, 2.75) is 19.3 Å². The molecule has 0 radical (unpaired) electrons. The topological polar surface area (TPSA) is 28.6 Å². The van der Waals surface area contributed by atoms with Gasteiger partial charge < -0.3 is 4.74 Å². The van der Waals surface area contributed by atoms with E-state index < -0.39 is 11.7 Å². The molecular formula is C19H21F4N3O. The molecule has 0 unspecified atom stereocenters. The summed E-state index contributed by atoms with van der Waals surface area (Å²) in [4.78, 5) is 8.30. The molecule has 0 amide bonds. The van der Waals surface area contributed by atoms with E-state index in [-0.39, 0.29) is 11.6 Å². The van der Waals surface area contributed by atoms with Gasteiger partial charge in [-0.15, -0.1) is 0 Å². The van der Waals surface area contributed by atoms with E-state index in [2.05, 4.69) is 14.8 Å². The van der Waals surface area contributed by atoms with Crippen molar-refractivity contribution >= 4 is 0 Å². The highest BCUT2D eigenvalue weighted by Gasteiger charge is 2.30. The zero-order valence-corrected chi connectivity index (χ0v) is 15.0. The quantitative estimate of drug-likeness (QED) is 0.739. The summed E-state index contributed by atoms with van der Waals surface area (Å²) in [7, 11) is 1.43. The van der Waals surface area contributed by atoms with E-state index >= 15 is 0 Å². The molecule has 0 N–H and O–H groups in total. The lowest BCUT2D eigenvalue weighted by molar-refractivity contribution is -0.137. The number of benzene rings is 1. The van der Waals surface area contributed by atoms with E-state index in [4.69, 9.17) is 4.74 Å². The Morgan fingerprint density at radius 1 is 1.00 bits per heavy atom. The summed E-state index contributed by atoms with van der Waals surface area (Å²) in [5.41, 5.74) is 0.766. The molecule has 1 aliphatic rings. The van der Waals surface area contributed by atoms with Crippen molar-refractivity contribution in [1.82, 2.24) is 14.8 Å². The molecule has 1 aromatic heterocycles. The fraction of sp³-hybridized carbons (Fsp3) is 0.421. The van der Waals surface area contributed by atoms with Gasteiger partial charge in [-0.25, -0.2) is 4.39 Å². The van der Waals surface area contributed by atoms with Gasteiger partial charge in [0.05, 0.1) is 18.4 Å². The lowest BCUT2D eigenvalue weighted by atomic mass is 10.1. The van der Waals surface area contributed by atoms with Crippen LogP contribution >= 0.6 is 0 Å². The molecule has 8 heteroatoms. The Kier molecular flexibility index (Phi) is 5.96. The Morgan fingerprint density at radius 3 is 2.19 bits per heavy atom. The predicted octanol–water partition coefficient (Wildman–Crippen LogP) is 3.57. The Morgan fingerprint density at radius 2 is 1.67 bits per heavy atom. The summed E-state index contributed by atoms with van der Waals surface area (Å²) >= 11 is 0. The highest BCUT2D eigenvalue weighted by atomic mass is 19.4. The minimum atomic E-state index is -4.36. The van der Waals surface area contributed by atoms with Crippen LogP contribution in [0.15, 0.2) is 36.5 Å². The Balaban J connectivity index is 1.49. The van der Waals surface area contributed by atoms with Gasteiger partial charge in [0.2, 0.25) is 0 Å². The van der Waals surface area contributed by atoms with Gasteiger partial charge in [0.1, 0.15) is 0 Å². The van der Waals surface area contributed by atoms with E-state index in [0.717, 1.165) is 44.0 Å². The summed E-state index contributed by atoms with van der Waals surface area (Å²) < 4.78 is 56.4. The third-order valence-corrected chi connectivity index (χ3v) is 4.62. The van der Waals surface area contributed by atoms with Crippen LogP contribution in [0, 0.1) is 5.82 Å². The number of rotatable bonds is 5. The van der Waals surface area contributed by atoms with Crippen LogP contribution in [-0.4, -0.2) is 48.1 Å². The lowest BCUT2D eigenvalue weighted by Crippen LogP contribution is -2.45. The second kappa shape index (κ2) is 8.22. The predicted molar refractivity (Wildman–Crippen MR) is 92.7 cm³/mol. The maximum Gasteiger partial charge on any atom is 0.417 e. The van der Waals surface area contributed by atoms with Crippen molar-refractivity contribution in [3.63, 3.8) is 0 Å². The molecule has 3 rings (SSSR count). The fourth-order valence-electron chi connectivity index (χ4n) is 3.09. The van der Waals surface area contributed by atoms with Crippen LogP contribution in [0.3, 0.4) is 0 Å². The summed E-state index contributed by atoms with van der Waals surface area (Å²) in [6.07, 6.45) is -3.48. The number of aromatic nitrogens is 1. The molecule has 2 heterocycles. The highest BCUT2D eigenvalue weighted by Crippen LogP contribution is 2.28. The number of piperazine rings is 1. The van der Waals surface area contributed by atoms with E-state index in [0.29, 0.717) is 18.8 Å². The van der Waals surface area contributed by atoms with E-state index in [1.54, 1.807) is 6.07 Å². The Hall–Kier alpha value is -2.19. The third kappa shape index (κ3) is 5.17. The SMILES string of the molecule is COc1ccc(CN2CCN(Cc3ccc(C(F)(F)F)cn3)CC2)cc1F. The smallest absolute Gasteiger partial charge is 0.417 e. The van der Waals surface area contributed by atoms with Gasteiger partial charge in [-0.3, -0.25) is 14.8 Å². The zero-order valence-electron chi connectivity index (χ0n) is 15.0. The largest absolute Gasteiger partial charge is 0.494 e. The van der Waals surface area contributed by atoms with Crippen molar-refractivity contribution in [3.05, 3.63) is 59.2 Å². The number of pyridine rings is 1. The van der Waals surface area contributed by atoms with Crippen LogP contribution in [0.1, 0.15) is 16.8 Å². The van der Waals surface area contributed by atoms with Crippen LogP contribution < -0.4 is 4.74 Å². The fourth-order valence-corrected chi connectivity index (χ4v) is 3.09. The molecule has 1 aromatic carbocycles. The lowest BCUT2D eigenvalue weighted by Gasteiger charge is -2.34. The maximum absolute atomic E-state index is 13.8. The van der Waals surface area contributed by atoms with Crippen LogP contribution in [0.4, 0.5) is 17.6 Å². The third-order valence-electron chi connectivity index (χ3n) is 4.62. The average Bonchev–Trinajstić information content (AvgIpc) is 2.63. The van der Waals surface area contributed by atoms with Crippen LogP contribution in [0.2, 0.25) is 0 Å². The number of ether oxygens (including phenoxy) is 1. The molecule has 0 aliphatic carbocycles. The van der Waals surface area contributed by atoms with Crippen molar-refractivity contribution in [2.24, 2.45) is 0 Å². The van der Waals surface area contributed by atoms with Crippen molar-refractivity contribution in [1.29, 1.82) is 0 Å². The van der Waals surface area contributed by atoms with Crippen molar-refractivity contribution < 1.29 is 22.3 Å². The number of hydrogen-bond donors (Lipinski definition) is 0. The van der Waals surface area contributed by atoms with E-state index in [1.165, 1.54) is 19.2 Å². The molecule has 0 saturated carbocycles. The first-order chi connectivity index (χ1) is 12.8. The number of hydrogen-bond acceptors (Lipinski definition) is 4. The van der Waals surface area contributed by atoms with E-state index in [1.807, 2.05) is 6.07 Å². The highest BCUT2D eigenvalue weighted by molar-refractivity contribution is 5.29. The molecule has 1 fully saturated rings. The molecule has 1 saturated heterocycles. The van der Waals surface area contributed by atoms with Crippen LogP contribution in [0.25, 0.3) is 0 Å². The first kappa shape index (κ1) is 19.6. The molecule has 0 spiro atoms. The van der Waals surface area contributed by atoms with E-state index in [9.17, 15) is 17.6 Å². The standard InChI is InChI=1S/C19H21F4N3O/c1-27-18-5-2-14(10-17(18)20)12-25-6-8-26(9-7-25)13-16-4-3-15(11-24-16)19(21,22)23/h2-5,10-11H,6-9,12-13H2,1H3. The molecule has 0 atom stereocenters. The first-order valence-electron chi connectivity index (χ1n) is 8.64. The normalized spacial score (nSPS) is 16.5.